The number of anilines is 1. The molecule has 27 heavy (non-hydrogen) atoms. The molecule has 0 unspecified atom stereocenters. The standard InChI is InChI=1S/C21H23N3O2S/c1-3-13-24-20(26)18(27-21(24)23-16-7-5-4-6-8-16)14-19(25)22-17-11-9-15(2)10-12-17/h4-12,18H,3,13-14H2,1-2H3,(H,22,25)/t18-/m1/s1. The normalized spacial score (nSPS) is 18.1. The number of rotatable bonds is 6. The average Bonchev–Trinajstić information content (AvgIpc) is 2.93. The number of hydrogen-bond acceptors (Lipinski definition) is 4. The topological polar surface area (TPSA) is 61.8 Å². The molecule has 0 radical (unpaired) electrons. The zero-order chi connectivity index (χ0) is 19.2. The molecule has 2 aromatic rings. The number of thioether (sulfide) groups is 1. The monoisotopic (exact) mass is 381 g/mol. The van der Waals surface area contributed by atoms with Crippen LogP contribution < -0.4 is 5.32 Å². The molecule has 2 amide bonds. The number of nitrogens with one attached hydrogen (secondary N) is 1. The van der Waals surface area contributed by atoms with Crippen LogP contribution in [-0.2, 0) is 9.59 Å². The molecule has 1 aliphatic rings. The molecule has 3 rings (SSSR count). The third-order valence-electron chi connectivity index (χ3n) is 4.15. The van der Waals surface area contributed by atoms with Crippen molar-refractivity contribution in [3.63, 3.8) is 0 Å². The van der Waals surface area contributed by atoms with E-state index in [0.717, 1.165) is 23.4 Å². The van der Waals surface area contributed by atoms with Crippen LogP contribution in [0.2, 0.25) is 0 Å². The van der Waals surface area contributed by atoms with E-state index in [0.29, 0.717) is 11.7 Å². The number of hydrogen-bond donors (Lipinski definition) is 1. The number of aliphatic imine (C=N–C) groups is 1. The van der Waals surface area contributed by atoms with Gasteiger partial charge in [0.05, 0.1) is 5.69 Å². The minimum absolute atomic E-state index is 0.0458. The van der Waals surface area contributed by atoms with Crippen LogP contribution in [0.5, 0.6) is 0 Å². The summed E-state index contributed by atoms with van der Waals surface area (Å²) in [7, 11) is 0. The summed E-state index contributed by atoms with van der Waals surface area (Å²) in [5.74, 6) is -0.210. The molecule has 2 aromatic carbocycles. The lowest BCUT2D eigenvalue weighted by atomic mass is 10.2. The summed E-state index contributed by atoms with van der Waals surface area (Å²) < 4.78 is 0. The smallest absolute Gasteiger partial charge is 0.242 e. The minimum Gasteiger partial charge on any atom is -0.326 e. The lowest BCUT2D eigenvalue weighted by Gasteiger charge is -2.15. The molecule has 6 heteroatoms. The highest BCUT2D eigenvalue weighted by Gasteiger charge is 2.38. The molecule has 0 saturated carbocycles. The molecule has 5 nitrogen and oxygen atoms in total. The molecule has 1 fully saturated rings. The van der Waals surface area contributed by atoms with E-state index in [2.05, 4.69) is 10.3 Å². The van der Waals surface area contributed by atoms with Crippen LogP contribution in [0.3, 0.4) is 0 Å². The second-order valence-electron chi connectivity index (χ2n) is 6.44. The quantitative estimate of drug-likeness (QED) is 0.808. The lowest BCUT2D eigenvalue weighted by molar-refractivity contribution is -0.128. The van der Waals surface area contributed by atoms with Crippen LogP contribution in [-0.4, -0.2) is 33.7 Å². The van der Waals surface area contributed by atoms with Gasteiger partial charge in [-0.15, -0.1) is 0 Å². The Hall–Kier alpha value is -2.60. The molecule has 0 aromatic heterocycles. The first-order chi connectivity index (χ1) is 13.1. The van der Waals surface area contributed by atoms with Crippen LogP contribution in [0.25, 0.3) is 0 Å². The molecule has 1 saturated heterocycles. The maximum absolute atomic E-state index is 12.8. The van der Waals surface area contributed by atoms with Crippen molar-refractivity contribution in [2.75, 3.05) is 11.9 Å². The van der Waals surface area contributed by atoms with Crippen molar-refractivity contribution < 1.29 is 9.59 Å². The predicted molar refractivity (Wildman–Crippen MR) is 111 cm³/mol. The van der Waals surface area contributed by atoms with Crippen LogP contribution in [0.15, 0.2) is 59.6 Å². The maximum atomic E-state index is 12.8. The summed E-state index contributed by atoms with van der Waals surface area (Å²) in [6.45, 7) is 4.62. The van der Waals surface area contributed by atoms with E-state index in [1.54, 1.807) is 4.90 Å². The zero-order valence-corrected chi connectivity index (χ0v) is 16.3. The summed E-state index contributed by atoms with van der Waals surface area (Å²) >= 11 is 1.37. The number of aryl methyl sites for hydroxylation is 1. The Balaban J connectivity index is 1.70. The first-order valence-electron chi connectivity index (χ1n) is 9.05. The van der Waals surface area contributed by atoms with Crippen LogP contribution in [0.4, 0.5) is 11.4 Å². The Morgan fingerprint density at radius 2 is 1.85 bits per heavy atom. The number of amides is 2. The molecular weight excluding hydrogens is 358 g/mol. The number of amidine groups is 1. The molecule has 1 atom stereocenters. The zero-order valence-electron chi connectivity index (χ0n) is 15.5. The van der Waals surface area contributed by atoms with Gasteiger partial charge in [-0.1, -0.05) is 54.6 Å². The Morgan fingerprint density at radius 3 is 2.52 bits per heavy atom. The van der Waals surface area contributed by atoms with Crippen LogP contribution >= 0.6 is 11.8 Å². The van der Waals surface area contributed by atoms with Gasteiger partial charge >= 0.3 is 0 Å². The number of benzene rings is 2. The summed E-state index contributed by atoms with van der Waals surface area (Å²) in [6.07, 6.45) is 0.966. The molecule has 1 N–H and O–H groups in total. The van der Waals surface area contributed by atoms with Crippen molar-refractivity contribution >= 4 is 40.1 Å². The van der Waals surface area contributed by atoms with Gasteiger partial charge in [0.25, 0.3) is 0 Å². The van der Waals surface area contributed by atoms with Gasteiger partial charge in [-0.3, -0.25) is 14.5 Å². The molecular formula is C21H23N3O2S. The fourth-order valence-electron chi connectivity index (χ4n) is 2.78. The minimum atomic E-state index is -0.440. The van der Waals surface area contributed by atoms with Gasteiger partial charge < -0.3 is 5.32 Å². The van der Waals surface area contributed by atoms with Crippen LogP contribution in [0, 0.1) is 6.92 Å². The Bertz CT molecular complexity index is 834. The van der Waals surface area contributed by atoms with E-state index in [1.165, 1.54) is 11.8 Å². The fraction of sp³-hybridized carbons (Fsp3) is 0.286. The van der Waals surface area contributed by atoms with Gasteiger partial charge in [-0.25, -0.2) is 4.99 Å². The van der Waals surface area contributed by atoms with Crippen molar-refractivity contribution in [3.8, 4) is 0 Å². The predicted octanol–water partition coefficient (Wildman–Crippen LogP) is 4.37. The third-order valence-corrected chi connectivity index (χ3v) is 5.33. The first kappa shape index (κ1) is 19.2. The van der Waals surface area contributed by atoms with Gasteiger partial charge in [-0.2, -0.15) is 0 Å². The van der Waals surface area contributed by atoms with Crippen molar-refractivity contribution in [1.82, 2.24) is 4.90 Å². The van der Waals surface area contributed by atoms with Gasteiger partial charge in [0.2, 0.25) is 11.8 Å². The molecule has 0 spiro atoms. The average molecular weight is 382 g/mol. The number of carbonyl (C=O) groups excluding carboxylic acids is 2. The summed E-state index contributed by atoms with van der Waals surface area (Å²) in [4.78, 5) is 31.5. The second kappa shape index (κ2) is 8.86. The summed E-state index contributed by atoms with van der Waals surface area (Å²) in [5, 5.41) is 3.09. The van der Waals surface area contributed by atoms with E-state index < -0.39 is 5.25 Å². The molecule has 0 aliphatic carbocycles. The van der Waals surface area contributed by atoms with Crippen molar-refractivity contribution in [2.45, 2.75) is 31.9 Å². The number of nitrogens with zero attached hydrogens (tertiary/aromatic N) is 2. The summed E-state index contributed by atoms with van der Waals surface area (Å²) in [5.41, 5.74) is 2.68. The Labute approximate surface area is 163 Å². The van der Waals surface area contributed by atoms with Crippen LogP contribution in [0.1, 0.15) is 25.3 Å². The Morgan fingerprint density at radius 1 is 1.15 bits per heavy atom. The number of para-hydroxylation sites is 1. The van der Waals surface area contributed by atoms with Crippen molar-refractivity contribution in [3.05, 3.63) is 60.2 Å². The second-order valence-corrected chi connectivity index (χ2v) is 7.61. The Kier molecular flexibility index (Phi) is 6.29. The van der Waals surface area contributed by atoms with Gasteiger partial charge in [0.1, 0.15) is 5.25 Å². The van der Waals surface area contributed by atoms with Gasteiger partial charge in [0.15, 0.2) is 5.17 Å². The highest BCUT2D eigenvalue weighted by molar-refractivity contribution is 8.15. The van der Waals surface area contributed by atoms with Gasteiger partial charge in [0, 0.05) is 18.7 Å². The highest BCUT2D eigenvalue weighted by Crippen LogP contribution is 2.32. The number of carbonyl (C=O) groups is 2. The lowest BCUT2D eigenvalue weighted by Crippen LogP contribution is -2.34. The van der Waals surface area contributed by atoms with E-state index >= 15 is 0 Å². The SMILES string of the molecule is CCCN1C(=O)[C@@H](CC(=O)Nc2ccc(C)cc2)SC1=Nc1ccccc1. The van der Waals surface area contributed by atoms with E-state index in [1.807, 2.05) is 68.4 Å². The maximum Gasteiger partial charge on any atom is 0.242 e. The molecule has 1 aliphatic heterocycles. The van der Waals surface area contributed by atoms with E-state index in [-0.39, 0.29) is 18.2 Å². The molecule has 140 valence electrons. The fourth-order valence-corrected chi connectivity index (χ4v) is 3.97. The molecule has 0 bridgehead atoms. The van der Waals surface area contributed by atoms with Gasteiger partial charge in [-0.05, 0) is 37.6 Å². The largest absolute Gasteiger partial charge is 0.326 e. The van der Waals surface area contributed by atoms with Crippen molar-refractivity contribution in [1.29, 1.82) is 0 Å². The van der Waals surface area contributed by atoms with Crippen molar-refractivity contribution in [2.24, 2.45) is 4.99 Å². The van der Waals surface area contributed by atoms with E-state index in [4.69, 9.17) is 0 Å². The third kappa shape index (κ3) is 4.98. The molecule has 1 heterocycles. The van der Waals surface area contributed by atoms with E-state index in [9.17, 15) is 9.59 Å². The highest BCUT2D eigenvalue weighted by atomic mass is 32.2. The summed E-state index contributed by atoms with van der Waals surface area (Å²) in [6, 6.07) is 17.2. The first-order valence-corrected chi connectivity index (χ1v) is 9.93.